The van der Waals surface area contributed by atoms with Gasteiger partial charge in [0.05, 0.1) is 37.8 Å². The molecule has 4 N–H and O–H groups in total. The van der Waals surface area contributed by atoms with Gasteiger partial charge >= 0.3 is 12.1 Å². The van der Waals surface area contributed by atoms with Crippen LogP contribution in [-0.2, 0) is 48.2 Å². The van der Waals surface area contributed by atoms with Crippen molar-refractivity contribution in [1.82, 2.24) is 16.0 Å². The molecule has 3 amide bonds. The highest BCUT2D eigenvalue weighted by Gasteiger charge is 2.31. The largest absolute Gasteiger partial charge is 0.489 e. The maximum atomic E-state index is 13.9. The zero-order valence-electron chi connectivity index (χ0n) is 37.1. The minimum atomic E-state index is -1.07. The van der Waals surface area contributed by atoms with E-state index in [-0.39, 0.29) is 58.2 Å². The van der Waals surface area contributed by atoms with Gasteiger partial charge in [-0.3, -0.25) is 9.59 Å². The topological polar surface area (TPSA) is 162 Å². The number of carbonyl (C=O) groups excluding carboxylic acids is 4. The third kappa shape index (κ3) is 14.5. The molecule has 0 aromatic heterocycles. The molecule has 0 heterocycles. The summed E-state index contributed by atoms with van der Waals surface area (Å²) in [5.41, 5.74) is 7.15. The number of hydrogen-bond donors (Lipinski definition) is 4. The molecule has 0 bridgehead atoms. The van der Waals surface area contributed by atoms with E-state index < -0.39 is 47.9 Å². The average Bonchev–Trinajstić information content (AvgIpc) is 3.67. The molecule has 5 aromatic rings. The van der Waals surface area contributed by atoms with Crippen molar-refractivity contribution in [3.63, 3.8) is 0 Å². The third-order valence-electron chi connectivity index (χ3n) is 11.3. The molecule has 5 aromatic carbocycles. The lowest BCUT2D eigenvalue weighted by atomic mass is 9.98. The average molecular weight is 894 g/mol. The highest BCUT2D eigenvalue weighted by Crippen LogP contribution is 2.44. The van der Waals surface area contributed by atoms with Gasteiger partial charge in [0, 0.05) is 12.3 Å². The van der Waals surface area contributed by atoms with Crippen molar-refractivity contribution >= 4 is 23.9 Å². The molecule has 0 spiro atoms. The quantitative estimate of drug-likeness (QED) is 0.0319. The van der Waals surface area contributed by atoms with Crippen molar-refractivity contribution < 1.29 is 43.2 Å². The Labute approximate surface area is 387 Å². The zero-order valence-corrected chi connectivity index (χ0v) is 37.1. The molecule has 0 saturated carbocycles. The van der Waals surface area contributed by atoms with Crippen LogP contribution in [0.4, 0.5) is 4.79 Å². The van der Waals surface area contributed by atoms with E-state index in [1.54, 1.807) is 12.2 Å². The lowest BCUT2D eigenvalue weighted by molar-refractivity contribution is -0.148. The van der Waals surface area contributed by atoms with Gasteiger partial charge in [-0.15, -0.1) is 13.2 Å². The summed E-state index contributed by atoms with van der Waals surface area (Å²) in [6, 6.07) is 40.3. The smallest absolute Gasteiger partial charge is 0.407 e. The van der Waals surface area contributed by atoms with Crippen LogP contribution in [0.2, 0.25) is 0 Å². The Morgan fingerprint density at radius 3 is 1.89 bits per heavy atom. The molecule has 6 rings (SSSR count). The number of fused-ring (bicyclic) bond motifs is 3. The van der Waals surface area contributed by atoms with Crippen molar-refractivity contribution in [3.05, 3.63) is 187 Å². The Bertz CT molecular complexity index is 2310. The predicted octanol–water partition coefficient (Wildman–Crippen LogP) is 7.99. The number of esters is 1. The minimum Gasteiger partial charge on any atom is -0.489 e. The van der Waals surface area contributed by atoms with Crippen LogP contribution in [0.5, 0.6) is 5.75 Å². The Hall–Kier alpha value is -7.02. The normalized spacial score (nSPS) is 13.4. The number of carbonyl (C=O) groups is 4. The second-order valence-corrected chi connectivity index (χ2v) is 16.2. The van der Waals surface area contributed by atoms with Crippen LogP contribution in [0.25, 0.3) is 11.1 Å². The van der Waals surface area contributed by atoms with Crippen molar-refractivity contribution in [2.45, 2.75) is 69.4 Å². The molecule has 1 aliphatic rings. The maximum Gasteiger partial charge on any atom is 0.407 e. The van der Waals surface area contributed by atoms with Gasteiger partial charge in [-0.25, -0.2) is 9.59 Å². The molecule has 1 aliphatic carbocycles. The number of benzene rings is 5. The number of amides is 3. The van der Waals surface area contributed by atoms with E-state index in [1.807, 2.05) is 121 Å². The first kappa shape index (κ1) is 48.4. The molecule has 344 valence electrons. The molecule has 0 radical (unpaired) electrons. The maximum absolute atomic E-state index is 13.9. The van der Waals surface area contributed by atoms with E-state index in [2.05, 4.69) is 41.2 Å². The van der Waals surface area contributed by atoms with Crippen LogP contribution in [-0.4, -0.2) is 73.5 Å². The van der Waals surface area contributed by atoms with Gasteiger partial charge in [-0.1, -0.05) is 133 Å². The summed E-state index contributed by atoms with van der Waals surface area (Å²) in [4.78, 5) is 54.1. The summed E-state index contributed by atoms with van der Waals surface area (Å²) in [7, 11) is 0. The van der Waals surface area contributed by atoms with Crippen molar-refractivity contribution in [2.24, 2.45) is 5.92 Å². The van der Waals surface area contributed by atoms with Crippen LogP contribution < -0.4 is 20.7 Å². The van der Waals surface area contributed by atoms with Crippen LogP contribution >= 0.6 is 0 Å². The Morgan fingerprint density at radius 2 is 1.27 bits per heavy atom. The van der Waals surface area contributed by atoms with Gasteiger partial charge in [0.2, 0.25) is 11.8 Å². The van der Waals surface area contributed by atoms with Gasteiger partial charge in [0.1, 0.15) is 31.6 Å². The number of rotatable bonds is 26. The fourth-order valence-corrected chi connectivity index (χ4v) is 7.85. The van der Waals surface area contributed by atoms with Crippen LogP contribution in [0.15, 0.2) is 159 Å². The lowest BCUT2D eigenvalue weighted by Gasteiger charge is -2.24. The fraction of sp³-hybridized carbons (Fsp3) is 0.296. The summed E-state index contributed by atoms with van der Waals surface area (Å²) in [6.07, 6.45) is 3.38. The van der Waals surface area contributed by atoms with Crippen LogP contribution in [0.1, 0.15) is 59.4 Å². The summed E-state index contributed by atoms with van der Waals surface area (Å²) < 4.78 is 23.3. The molecule has 12 heteroatoms. The van der Waals surface area contributed by atoms with Gasteiger partial charge < -0.3 is 40.0 Å². The highest BCUT2D eigenvalue weighted by atomic mass is 16.6. The molecule has 0 saturated heterocycles. The van der Waals surface area contributed by atoms with Gasteiger partial charge in [0.25, 0.3) is 0 Å². The number of allylic oxidation sites excluding steroid dienone is 2. The number of ether oxygens (including phenoxy) is 4. The number of nitrogens with one attached hydrogen (secondary N) is 3. The molecule has 12 nitrogen and oxygen atoms in total. The van der Waals surface area contributed by atoms with Crippen LogP contribution in [0.3, 0.4) is 0 Å². The lowest BCUT2D eigenvalue weighted by Crippen LogP contribution is -2.48. The van der Waals surface area contributed by atoms with Crippen molar-refractivity contribution in [1.29, 1.82) is 0 Å². The van der Waals surface area contributed by atoms with Gasteiger partial charge in [-0.2, -0.15) is 0 Å². The first-order valence-corrected chi connectivity index (χ1v) is 22.3. The molecule has 0 aliphatic heterocycles. The minimum absolute atomic E-state index is 0.0271. The van der Waals surface area contributed by atoms with Crippen molar-refractivity contribution in [2.75, 3.05) is 26.4 Å². The summed E-state index contributed by atoms with van der Waals surface area (Å²) in [5.74, 6) is -1.91. The van der Waals surface area contributed by atoms with Crippen LogP contribution in [0, 0.1) is 5.92 Å². The summed E-state index contributed by atoms with van der Waals surface area (Å²) in [6.45, 7) is 7.67. The second-order valence-electron chi connectivity index (χ2n) is 16.2. The van der Waals surface area contributed by atoms with E-state index in [4.69, 9.17) is 18.9 Å². The Morgan fingerprint density at radius 1 is 0.652 bits per heavy atom. The Balaban J connectivity index is 1.03. The molecular formula is C54H59N3O9. The first-order chi connectivity index (χ1) is 32.2. The van der Waals surface area contributed by atoms with E-state index in [0.29, 0.717) is 25.2 Å². The standard InChI is InChI=1S/C54H59N3O9/c1-3-5-25-50(57-54(62)66-37-49-47-23-14-12-21-45(47)46-22-13-15-24-48(46)49)53(61)65-36-43(35-63-33-39-17-8-6-9-18-39)56-52(60)41(16-4-2)31-51(59)55-42(32-58)30-38-26-28-44(29-27-38)64-34-40-19-10-7-11-20-40/h3-4,6-15,17-24,26-29,41-43,49-50,58H,1-2,5,16,25,30-37H2,(H,55,59)(H,56,60)(H,57,62)/t41-,42+,43+,50+/m1/s1. The van der Waals surface area contributed by atoms with E-state index >= 15 is 0 Å². The number of aliphatic hydroxyl groups is 1. The monoisotopic (exact) mass is 893 g/mol. The molecule has 0 unspecified atom stereocenters. The van der Waals surface area contributed by atoms with Gasteiger partial charge in [0.15, 0.2) is 0 Å². The van der Waals surface area contributed by atoms with E-state index in [0.717, 1.165) is 38.9 Å². The fourth-order valence-electron chi connectivity index (χ4n) is 7.85. The summed E-state index contributed by atoms with van der Waals surface area (Å²) >= 11 is 0. The highest BCUT2D eigenvalue weighted by molar-refractivity contribution is 5.86. The molecule has 0 fully saturated rings. The molecule has 4 atom stereocenters. The number of hydrogen-bond acceptors (Lipinski definition) is 9. The first-order valence-electron chi connectivity index (χ1n) is 22.3. The third-order valence-corrected chi connectivity index (χ3v) is 11.3. The number of aliphatic hydroxyl groups excluding tert-OH is 1. The van der Waals surface area contributed by atoms with Gasteiger partial charge in [-0.05, 0) is 76.8 Å². The SMILES string of the molecule is C=CCC[C@H](NC(=O)OCC1c2ccccc2-c2ccccc21)C(=O)OC[C@H](COCc1ccccc1)NC(=O)[C@H](CC=C)CC(=O)N[C@H](CO)Cc1ccc(OCc2ccccc2)cc1. The van der Waals surface area contributed by atoms with E-state index in [1.165, 1.54) is 0 Å². The van der Waals surface area contributed by atoms with Crippen molar-refractivity contribution in [3.8, 4) is 16.9 Å². The molecule has 66 heavy (non-hydrogen) atoms. The van der Waals surface area contributed by atoms with E-state index in [9.17, 15) is 24.3 Å². The number of alkyl carbamates (subject to hydrolysis) is 1. The summed E-state index contributed by atoms with van der Waals surface area (Å²) in [5, 5.41) is 18.6. The Kier molecular flexibility index (Phi) is 18.7. The zero-order chi connectivity index (χ0) is 46.5. The predicted molar refractivity (Wildman–Crippen MR) is 253 cm³/mol. The second kappa shape index (κ2) is 25.5. The molecular weight excluding hydrogens is 835 g/mol.